The van der Waals surface area contributed by atoms with Crippen molar-refractivity contribution in [2.24, 2.45) is 0 Å². The Bertz CT molecular complexity index is 217. The van der Waals surface area contributed by atoms with Crippen LogP contribution in [0.2, 0.25) is 0 Å². The molecule has 0 heterocycles. The molecule has 0 amide bonds. The van der Waals surface area contributed by atoms with Crippen molar-refractivity contribution in [3.8, 4) is 0 Å². The lowest BCUT2D eigenvalue weighted by atomic mass is 10.7. The third-order valence-electron chi connectivity index (χ3n) is 1.18. The van der Waals surface area contributed by atoms with Gasteiger partial charge < -0.3 is 25.0 Å². The van der Waals surface area contributed by atoms with Gasteiger partial charge in [-0.2, -0.15) is 0 Å². The Morgan fingerprint density at radius 2 is 1.27 bits per heavy atom. The number of carbonyl (C=O) groups excluding carboxylic acids is 2. The van der Waals surface area contributed by atoms with Crippen molar-refractivity contribution in [3.05, 3.63) is 0 Å². The van der Waals surface area contributed by atoms with E-state index < -0.39 is 11.9 Å². The molecule has 0 bridgehead atoms. The van der Waals surface area contributed by atoms with Crippen molar-refractivity contribution in [1.82, 2.24) is 0 Å². The summed E-state index contributed by atoms with van der Waals surface area (Å²) in [6, 6.07) is 0. The molecule has 0 unspecified atom stereocenters. The lowest BCUT2D eigenvalue weighted by Gasteiger charge is -2.04. The normalized spacial score (nSPS) is 9.07. The molecule has 84 valence electrons. The molecule has 7 heteroatoms. The lowest BCUT2D eigenvalue weighted by molar-refractivity contribution is -0.138. The fraction of sp³-hybridized carbons (Fsp3) is 0.500. The van der Waals surface area contributed by atoms with E-state index in [0.717, 1.165) is 0 Å². The van der Waals surface area contributed by atoms with Gasteiger partial charge in [0, 0.05) is 0 Å². The number of ether oxygens (including phenoxy) is 3. The van der Waals surface area contributed by atoms with Gasteiger partial charge in [0.2, 0.25) is 0 Å². The van der Waals surface area contributed by atoms with E-state index in [-0.39, 0.29) is 26.4 Å². The zero-order valence-corrected chi connectivity index (χ0v) is 8.02. The average Bonchev–Trinajstić information content (AvgIpc) is 2.26. The zero-order valence-electron chi connectivity index (χ0n) is 8.02. The van der Waals surface area contributed by atoms with Gasteiger partial charge in [0.25, 0.3) is 0 Å². The van der Waals surface area contributed by atoms with E-state index >= 15 is 0 Å². The van der Waals surface area contributed by atoms with Gasteiger partial charge in [-0.25, -0.2) is 9.59 Å². The molecule has 0 radical (unpaired) electrons. The molecular weight excluding hydrogens is 204 g/mol. The summed E-state index contributed by atoms with van der Waals surface area (Å²) in [4.78, 5) is 20.8. The van der Waals surface area contributed by atoms with Crippen molar-refractivity contribution >= 4 is 24.4 Å². The molecule has 0 aliphatic rings. The second kappa shape index (κ2) is 8.82. The number of esters is 2. The first kappa shape index (κ1) is 13.2. The first-order valence-corrected chi connectivity index (χ1v) is 4.13. The molecule has 2 N–H and O–H groups in total. The smallest absolute Gasteiger partial charge is 0.348 e. The zero-order chi connectivity index (χ0) is 11.5. The fourth-order valence-corrected chi connectivity index (χ4v) is 0.588. The average molecular weight is 216 g/mol. The Balaban J connectivity index is 3.18. The first-order valence-electron chi connectivity index (χ1n) is 4.13. The van der Waals surface area contributed by atoms with Gasteiger partial charge in [-0.15, -0.1) is 0 Å². The van der Waals surface area contributed by atoms with Crippen LogP contribution in [0.3, 0.4) is 0 Å². The Morgan fingerprint density at radius 1 is 0.867 bits per heavy atom. The van der Waals surface area contributed by atoms with Crippen molar-refractivity contribution in [2.45, 2.75) is 0 Å². The molecule has 15 heavy (non-hydrogen) atoms. The summed E-state index contributed by atoms with van der Waals surface area (Å²) in [7, 11) is 0. The van der Waals surface area contributed by atoms with E-state index in [1.807, 2.05) is 0 Å². The lowest BCUT2D eigenvalue weighted by Crippen LogP contribution is -2.14. The highest BCUT2D eigenvalue weighted by Gasteiger charge is 1.97. The van der Waals surface area contributed by atoms with Crippen molar-refractivity contribution < 1.29 is 23.8 Å². The van der Waals surface area contributed by atoms with Crippen LogP contribution in [0.4, 0.5) is 0 Å². The highest BCUT2D eigenvalue weighted by Crippen LogP contribution is 1.81. The van der Waals surface area contributed by atoms with Crippen LogP contribution >= 0.6 is 0 Å². The van der Waals surface area contributed by atoms with Gasteiger partial charge in [0.15, 0.2) is 0 Å². The maximum absolute atomic E-state index is 10.4. The van der Waals surface area contributed by atoms with Gasteiger partial charge in [-0.05, 0) is 0 Å². The van der Waals surface area contributed by atoms with E-state index in [9.17, 15) is 9.59 Å². The molecule has 0 aliphatic carbocycles. The largest absolute Gasteiger partial charge is 0.459 e. The molecule has 7 nitrogen and oxygen atoms in total. The SMILES string of the molecule is N=CC(=O)OCCOCCOC(=O)C=N. The Hall–Kier alpha value is -1.76. The second-order valence-corrected chi connectivity index (χ2v) is 2.24. The monoisotopic (exact) mass is 216 g/mol. The molecule has 0 fully saturated rings. The molecule has 0 aromatic heterocycles. The van der Waals surface area contributed by atoms with Gasteiger partial charge in [0.1, 0.15) is 25.6 Å². The highest BCUT2D eigenvalue weighted by atomic mass is 16.6. The summed E-state index contributed by atoms with van der Waals surface area (Å²) in [6.45, 7) is 0.433. The van der Waals surface area contributed by atoms with Crippen LogP contribution in [-0.2, 0) is 23.8 Å². The van der Waals surface area contributed by atoms with Crippen LogP contribution in [0, 0.1) is 10.8 Å². The number of carbonyl (C=O) groups is 2. The highest BCUT2D eigenvalue weighted by molar-refractivity contribution is 6.22. The molecule has 0 aromatic carbocycles. The molecular formula is C8H12N2O5. The third-order valence-corrected chi connectivity index (χ3v) is 1.18. The Labute approximate surface area is 86.3 Å². The molecule has 0 spiro atoms. The van der Waals surface area contributed by atoms with Crippen LogP contribution in [0.15, 0.2) is 0 Å². The quantitative estimate of drug-likeness (QED) is 0.319. The van der Waals surface area contributed by atoms with Gasteiger partial charge >= 0.3 is 11.9 Å². The van der Waals surface area contributed by atoms with E-state index in [0.29, 0.717) is 12.4 Å². The van der Waals surface area contributed by atoms with Gasteiger partial charge in [0.05, 0.1) is 13.2 Å². The Morgan fingerprint density at radius 3 is 1.60 bits per heavy atom. The minimum absolute atomic E-state index is 0.0483. The van der Waals surface area contributed by atoms with Gasteiger partial charge in [-0.1, -0.05) is 0 Å². The number of hydrogen-bond acceptors (Lipinski definition) is 7. The van der Waals surface area contributed by atoms with E-state index in [4.69, 9.17) is 15.6 Å². The summed E-state index contributed by atoms with van der Waals surface area (Å²) < 4.78 is 13.9. The van der Waals surface area contributed by atoms with E-state index in [1.54, 1.807) is 0 Å². The summed E-state index contributed by atoms with van der Waals surface area (Å²) in [6.07, 6.45) is 1.12. The molecule has 0 saturated heterocycles. The molecule has 0 atom stereocenters. The van der Waals surface area contributed by atoms with Crippen LogP contribution in [0.25, 0.3) is 0 Å². The molecule has 0 aromatic rings. The fourth-order valence-electron chi connectivity index (χ4n) is 0.588. The van der Waals surface area contributed by atoms with E-state index in [2.05, 4.69) is 9.47 Å². The van der Waals surface area contributed by atoms with Crippen molar-refractivity contribution in [3.63, 3.8) is 0 Å². The van der Waals surface area contributed by atoms with Crippen molar-refractivity contribution in [2.75, 3.05) is 26.4 Å². The number of hydrogen-bond donors (Lipinski definition) is 2. The topological polar surface area (TPSA) is 110 Å². The number of nitrogens with one attached hydrogen (secondary N) is 2. The summed E-state index contributed by atoms with van der Waals surface area (Å²) in [5, 5.41) is 13.0. The van der Waals surface area contributed by atoms with Crippen LogP contribution in [0.5, 0.6) is 0 Å². The van der Waals surface area contributed by atoms with Crippen LogP contribution < -0.4 is 0 Å². The number of rotatable bonds is 8. The maximum atomic E-state index is 10.4. The second-order valence-electron chi connectivity index (χ2n) is 2.24. The van der Waals surface area contributed by atoms with Crippen LogP contribution in [0.1, 0.15) is 0 Å². The first-order chi connectivity index (χ1) is 7.20. The third kappa shape index (κ3) is 8.57. The standard InChI is InChI=1S/C8H12N2O5/c9-5-7(11)14-3-1-13-2-4-15-8(12)6-10/h5-6,9-10H,1-4H2. The summed E-state index contributed by atoms with van der Waals surface area (Å²) >= 11 is 0. The summed E-state index contributed by atoms with van der Waals surface area (Å²) in [5.74, 6) is -1.46. The molecule has 0 saturated carbocycles. The van der Waals surface area contributed by atoms with Crippen LogP contribution in [-0.4, -0.2) is 50.8 Å². The Kier molecular flexibility index (Phi) is 7.79. The van der Waals surface area contributed by atoms with Crippen molar-refractivity contribution in [1.29, 1.82) is 10.8 Å². The molecule has 0 aliphatic heterocycles. The minimum Gasteiger partial charge on any atom is -0.459 e. The van der Waals surface area contributed by atoms with Gasteiger partial charge in [-0.3, -0.25) is 0 Å². The predicted octanol–water partition coefficient (Wildman–Crippen LogP) is -0.611. The predicted molar refractivity (Wildman–Crippen MR) is 50.3 cm³/mol. The maximum Gasteiger partial charge on any atom is 0.348 e. The summed E-state index contributed by atoms with van der Waals surface area (Å²) in [5.41, 5.74) is 0. The molecule has 0 rings (SSSR count). The van der Waals surface area contributed by atoms with E-state index in [1.165, 1.54) is 0 Å². The minimum atomic E-state index is -0.728.